The molecule has 10 heteroatoms. The zero-order valence-electron chi connectivity index (χ0n) is 24.1. The molecule has 1 fully saturated rings. The normalized spacial score (nSPS) is 22.1. The molecular weight excluding hydrogens is 584 g/mol. The van der Waals surface area contributed by atoms with Crippen LogP contribution in [0.4, 0.5) is 0 Å². The fourth-order valence-corrected chi connectivity index (χ4v) is 5.34. The molecule has 1 aliphatic rings. The van der Waals surface area contributed by atoms with Crippen molar-refractivity contribution in [1.82, 2.24) is 0 Å². The lowest BCUT2D eigenvalue weighted by molar-refractivity contribution is -0.310. The van der Waals surface area contributed by atoms with Crippen LogP contribution < -0.4 is 0 Å². The van der Waals surface area contributed by atoms with Gasteiger partial charge in [0.1, 0.15) is 24.4 Å². The Morgan fingerprint density at radius 1 is 0.545 bits per heavy atom. The molecule has 4 aromatic rings. The first-order chi connectivity index (χ1) is 21.4. The van der Waals surface area contributed by atoms with E-state index in [0.29, 0.717) is 6.61 Å². The van der Waals surface area contributed by atoms with Crippen LogP contribution in [0.15, 0.2) is 121 Å². The molecule has 0 unspecified atom stereocenters. The van der Waals surface area contributed by atoms with Gasteiger partial charge in [0.25, 0.3) is 0 Å². The summed E-state index contributed by atoms with van der Waals surface area (Å²) in [5.74, 6) is 0. The average molecular weight is 621 g/mol. The van der Waals surface area contributed by atoms with E-state index in [9.17, 15) is 13.0 Å². The molecule has 0 bridgehead atoms. The molecule has 1 aliphatic heterocycles. The van der Waals surface area contributed by atoms with Gasteiger partial charge in [0, 0.05) is 0 Å². The van der Waals surface area contributed by atoms with E-state index in [-0.39, 0.29) is 26.4 Å². The quantitative estimate of drug-likeness (QED) is 0.172. The van der Waals surface area contributed by atoms with Crippen molar-refractivity contribution in [1.29, 1.82) is 0 Å². The third kappa shape index (κ3) is 9.78. The first-order valence-corrected chi connectivity index (χ1v) is 15.7. The van der Waals surface area contributed by atoms with Crippen LogP contribution in [0.3, 0.4) is 0 Å². The first-order valence-electron chi connectivity index (χ1n) is 14.3. The molecule has 0 spiro atoms. The second kappa shape index (κ2) is 16.0. The van der Waals surface area contributed by atoms with E-state index in [0.717, 1.165) is 22.3 Å². The van der Waals surface area contributed by atoms with Crippen molar-refractivity contribution in [2.45, 2.75) is 57.1 Å². The smallest absolute Gasteiger partial charge is 0.374 e. The van der Waals surface area contributed by atoms with E-state index in [4.69, 9.17) is 27.9 Å². The van der Waals surface area contributed by atoms with Gasteiger partial charge in [-0.3, -0.25) is 4.55 Å². The number of ether oxygens (including phenoxy) is 5. The average Bonchev–Trinajstić information content (AvgIpc) is 3.04. The minimum atomic E-state index is -4.93. The second-order valence-electron chi connectivity index (χ2n) is 10.4. The highest BCUT2D eigenvalue weighted by Gasteiger charge is 2.50. The maximum atomic E-state index is 12.0. The van der Waals surface area contributed by atoms with Crippen molar-refractivity contribution in [3.63, 3.8) is 0 Å². The SMILES string of the molecule is O=S(=O)(O)O[C@H]1O[C@H](COCc2ccccc2)[C@@H](OCc2ccccc2)[C@H](OCc2ccccc2)[C@H]1OCc1ccccc1. The fraction of sp³-hybridized carbons (Fsp3) is 0.294. The summed E-state index contributed by atoms with van der Waals surface area (Å²) in [6, 6.07) is 38.2. The summed E-state index contributed by atoms with van der Waals surface area (Å²) in [7, 11) is -4.93. The highest BCUT2D eigenvalue weighted by Crippen LogP contribution is 2.32. The molecular formula is C34H36O9S. The highest BCUT2D eigenvalue weighted by atomic mass is 32.3. The third-order valence-corrected chi connectivity index (χ3v) is 7.49. The van der Waals surface area contributed by atoms with Gasteiger partial charge >= 0.3 is 10.4 Å². The third-order valence-electron chi connectivity index (χ3n) is 7.06. The lowest BCUT2D eigenvalue weighted by atomic mass is 9.98. The molecule has 0 saturated carbocycles. The maximum Gasteiger partial charge on any atom is 0.399 e. The summed E-state index contributed by atoms with van der Waals surface area (Å²) in [5.41, 5.74) is 3.62. The van der Waals surface area contributed by atoms with Crippen molar-refractivity contribution in [2.24, 2.45) is 0 Å². The molecule has 44 heavy (non-hydrogen) atoms. The molecule has 232 valence electrons. The van der Waals surface area contributed by atoms with E-state index in [2.05, 4.69) is 0 Å². The predicted octanol–water partition coefficient (Wildman–Crippen LogP) is 5.50. The first kappa shape index (κ1) is 32.0. The van der Waals surface area contributed by atoms with Gasteiger partial charge in [-0.1, -0.05) is 121 Å². The molecule has 1 heterocycles. The van der Waals surface area contributed by atoms with Crippen molar-refractivity contribution >= 4 is 10.4 Å². The summed E-state index contributed by atoms with van der Waals surface area (Å²) in [4.78, 5) is 0. The van der Waals surface area contributed by atoms with Crippen LogP contribution in [-0.2, 0) is 64.7 Å². The maximum absolute atomic E-state index is 12.0. The molecule has 0 aromatic heterocycles. The standard InChI is InChI=1S/C34H36O9S/c35-44(36,37)43-34-33(41-24-29-19-11-4-12-20-29)32(40-23-28-17-9-3-10-18-28)31(39-22-27-15-7-2-8-16-27)30(42-34)25-38-21-26-13-5-1-6-14-26/h1-20,30-34H,21-25H2,(H,35,36,37)/t30-,31-,32+,33-,34-/m1/s1. The van der Waals surface area contributed by atoms with E-state index in [1.165, 1.54) is 0 Å². The van der Waals surface area contributed by atoms with Gasteiger partial charge in [-0.2, -0.15) is 8.42 Å². The van der Waals surface area contributed by atoms with Gasteiger partial charge in [0.05, 0.1) is 33.0 Å². The lowest BCUT2D eigenvalue weighted by Crippen LogP contribution is -2.62. The van der Waals surface area contributed by atoms with Crippen LogP contribution in [0.1, 0.15) is 22.3 Å². The van der Waals surface area contributed by atoms with E-state index in [1.54, 1.807) is 0 Å². The molecule has 9 nitrogen and oxygen atoms in total. The van der Waals surface area contributed by atoms with Gasteiger partial charge in [0.15, 0.2) is 0 Å². The summed E-state index contributed by atoms with van der Waals surface area (Å²) < 4.78 is 70.2. The molecule has 0 amide bonds. The van der Waals surface area contributed by atoms with Gasteiger partial charge < -0.3 is 23.7 Å². The van der Waals surface area contributed by atoms with Crippen LogP contribution in [0.5, 0.6) is 0 Å². The van der Waals surface area contributed by atoms with E-state index >= 15 is 0 Å². The molecule has 0 aliphatic carbocycles. The van der Waals surface area contributed by atoms with Gasteiger partial charge in [-0.25, -0.2) is 4.18 Å². The Morgan fingerprint density at radius 2 is 0.932 bits per heavy atom. The van der Waals surface area contributed by atoms with Crippen LogP contribution in [0.25, 0.3) is 0 Å². The van der Waals surface area contributed by atoms with Gasteiger partial charge in [0.2, 0.25) is 6.29 Å². The number of hydrogen-bond donors (Lipinski definition) is 1. The highest BCUT2D eigenvalue weighted by molar-refractivity contribution is 7.80. The zero-order valence-corrected chi connectivity index (χ0v) is 24.9. The second-order valence-corrected chi connectivity index (χ2v) is 11.4. The Hall–Kier alpha value is -3.45. The van der Waals surface area contributed by atoms with Crippen molar-refractivity contribution in [3.8, 4) is 0 Å². The summed E-state index contributed by atoms with van der Waals surface area (Å²) in [6.07, 6.45) is -5.14. The Labute approximate surface area is 258 Å². The molecule has 0 radical (unpaired) electrons. The van der Waals surface area contributed by atoms with Gasteiger partial charge in [-0.05, 0) is 22.3 Å². The fourth-order valence-electron chi connectivity index (χ4n) is 4.94. The van der Waals surface area contributed by atoms with E-state index < -0.39 is 41.1 Å². The molecule has 4 aromatic carbocycles. The zero-order chi connectivity index (χ0) is 30.6. The van der Waals surface area contributed by atoms with Gasteiger partial charge in [-0.15, -0.1) is 0 Å². The molecule has 5 atom stereocenters. The molecule has 5 rings (SSSR count). The van der Waals surface area contributed by atoms with E-state index in [1.807, 2.05) is 121 Å². The van der Waals surface area contributed by atoms with Crippen LogP contribution in [0.2, 0.25) is 0 Å². The van der Waals surface area contributed by atoms with Crippen LogP contribution >= 0.6 is 0 Å². The Bertz CT molecular complexity index is 1490. The largest absolute Gasteiger partial charge is 0.399 e. The summed E-state index contributed by atoms with van der Waals surface area (Å²) in [6.45, 7) is 0.824. The minimum absolute atomic E-state index is 0.0241. The summed E-state index contributed by atoms with van der Waals surface area (Å²) >= 11 is 0. The molecule has 1 saturated heterocycles. The van der Waals surface area contributed by atoms with Crippen molar-refractivity contribution < 1.29 is 40.8 Å². The number of hydrogen-bond acceptors (Lipinski definition) is 8. The monoisotopic (exact) mass is 620 g/mol. The van der Waals surface area contributed by atoms with Crippen molar-refractivity contribution in [2.75, 3.05) is 6.61 Å². The summed E-state index contributed by atoms with van der Waals surface area (Å²) in [5, 5.41) is 0. The molecule has 1 N–H and O–H groups in total. The topological polar surface area (TPSA) is 110 Å². The Morgan fingerprint density at radius 3 is 1.36 bits per heavy atom. The number of rotatable bonds is 15. The van der Waals surface area contributed by atoms with Crippen molar-refractivity contribution in [3.05, 3.63) is 144 Å². The predicted molar refractivity (Wildman–Crippen MR) is 162 cm³/mol. The Kier molecular flexibility index (Phi) is 11.6. The van der Waals surface area contributed by atoms with Crippen LogP contribution in [-0.4, -0.2) is 50.3 Å². The lowest BCUT2D eigenvalue weighted by Gasteiger charge is -2.45. The number of benzene rings is 4. The Balaban J connectivity index is 1.45. The minimum Gasteiger partial charge on any atom is -0.374 e. The van der Waals surface area contributed by atoms with Crippen LogP contribution in [0, 0.1) is 0 Å².